The zero-order valence-corrected chi connectivity index (χ0v) is 19.0. The fourth-order valence-electron chi connectivity index (χ4n) is 6.03. The third-order valence-corrected chi connectivity index (χ3v) is 8.12. The maximum atomic E-state index is 13.8. The van der Waals surface area contributed by atoms with Crippen molar-refractivity contribution < 1.29 is 13.9 Å². The first kappa shape index (κ1) is 21.0. The van der Waals surface area contributed by atoms with Gasteiger partial charge >= 0.3 is 0 Å². The molecule has 2 aromatic carbocycles. The molecule has 6 rings (SSSR count). The Morgan fingerprint density at radius 1 is 1.15 bits per heavy atom. The topological polar surface area (TPSA) is 53.6 Å². The summed E-state index contributed by atoms with van der Waals surface area (Å²) in [5.41, 5.74) is 5.22. The number of carbonyl (C=O) groups is 1. The molecular formula is C27H32FN3O2. The van der Waals surface area contributed by atoms with E-state index in [1.165, 1.54) is 25.3 Å². The van der Waals surface area contributed by atoms with E-state index in [2.05, 4.69) is 15.5 Å². The van der Waals surface area contributed by atoms with Crippen LogP contribution in [0.15, 0.2) is 30.3 Å². The molecule has 4 aliphatic rings. The predicted molar refractivity (Wildman–Crippen MR) is 126 cm³/mol. The van der Waals surface area contributed by atoms with Crippen LogP contribution in [0, 0.1) is 11.7 Å². The standard InChI is InChI=1S/C27H32FN3O2/c28-20-7-8-24-22(11-20)18(13-29-24)5-2-10-31(15-17-3-1-4-17)21-12-23-25(33-16-21)9-6-19-14-30-27(32)26(19)23/h6-9,11,17-18,21,29H,1-5,10,12-16H2,(H,30,32). The van der Waals surface area contributed by atoms with Crippen molar-refractivity contribution in [3.63, 3.8) is 0 Å². The van der Waals surface area contributed by atoms with Crippen molar-refractivity contribution in [3.05, 3.63) is 58.4 Å². The van der Waals surface area contributed by atoms with Gasteiger partial charge in [-0.2, -0.15) is 0 Å². The zero-order valence-electron chi connectivity index (χ0n) is 19.0. The monoisotopic (exact) mass is 449 g/mol. The third-order valence-electron chi connectivity index (χ3n) is 8.12. The van der Waals surface area contributed by atoms with Crippen molar-refractivity contribution >= 4 is 11.6 Å². The van der Waals surface area contributed by atoms with Crippen LogP contribution < -0.4 is 15.4 Å². The van der Waals surface area contributed by atoms with E-state index in [1.807, 2.05) is 18.2 Å². The molecule has 5 nitrogen and oxygen atoms in total. The quantitative estimate of drug-likeness (QED) is 0.655. The van der Waals surface area contributed by atoms with E-state index in [9.17, 15) is 9.18 Å². The molecule has 174 valence electrons. The third kappa shape index (κ3) is 3.99. The number of hydrogen-bond acceptors (Lipinski definition) is 4. The van der Waals surface area contributed by atoms with Crippen LogP contribution in [-0.2, 0) is 13.0 Å². The Kier molecular flexibility index (Phi) is 5.49. The summed E-state index contributed by atoms with van der Waals surface area (Å²) in [6.45, 7) is 4.32. The molecule has 1 aliphatic carbocycles. The second-order valence-corrected chi connectivity index (χ2v) is 10.2. The number of ether oxygens (including phenoxy) is 1. The van der Waals surface area contributed by atoms with Crippen LogP contribution >= 0.6 is 0 Å². The van der Waals surface area contributed by atoms with E-state index < -0.39 is 0 Å². The van der Waals surface area contributed by atoms with Gasteiger partial charge in [-0.25, -0.2) is 4.39 Å². The molecule has 33 heavy (non-hydrogen) atoms. The number of rotatable bonds is 7. The highest BCUT2D eigenvalue weighted by atomic mass is 19.1. The highest BCUT2D eigenvalue weighted by Crippen LogP contribution is 2.37. The Morgan fingerprint density at radius 3 is 2.91 bits per heavy atom. The van der Waals surface area contributed by atoms with Gasteiger partial charge in [0.05, 0.1) is 5.56 Å². The van der Waals surface area contributed by atoms with Crippen molar-refractivity contribution in [3.8, 4) is 5.75 Å². The maximum absolute atomic E-state index is 13.8. The molecule has 2 atom stereocenters. The van der Waals surface area contributed by atoms with Crippen LogP contribution in [0.4, 0.5) is 10.1 Å². The molecule has 3 heterocycles. The number of nitrogens with one attached hydrogen (secondary N) is 2. The van der Waals surface area contributed by atoms with E-state index in [0.29, 0.717) is 25.1 Å². The summed E-state index contributed by atoms with van der Waals surface area (Å²) in [5.74, 6) is 1.91. The number of amides is 1. The van der Waals surface area contributed by atoms with Crippen LogP contribution in [0.1, 0.15) is 65.1 Å². The molecule has 3 aliphatic heterocycles. The molecular weight excluding hydrogens is 417 g/mol. The average Bonchev–Trinajstić information content (AvgIpc) is 3.37. The van der Waals surface area contributed by atoms with Gasteiger partial charge in [-0.1, -0.05) is 12.5 Å². The lowest BCUT2D eigenvalue weighted by Crippen LogP contribution is -2.47. The van der Waals surface area contributed by atoms with Gasteiger partial charge in [0.1, 0.15) is 18.2 Å². The first-order valence-electron chi connectivity index (χ1n) is 12.5. The Balaban J connectivity index is 1.15. The molecule has 0 saturated heterocycles. The lowest BCUT2D eigenvalue weighted by atomic mass is 9.84. The molecule has 2 aromatic rings. The minimum Gasteiger partial charge on any atom is -0.492 e. The number of halogens is 1. The molecule has 1 fully saturated rings. The van der Waals surface area contributed by atoms with Gasteiger partial charge in [0.15, 0.2) is 0 Å². The second-order valence-electron chi connectivity index (χ2n) is 10.2. The molecule has 2 unspecified atom stereocenters. The smallest absolute Gasteiger partial charge is 0.252 e. The fourth-order valence-corrected chi connectivity index (χ4v) is 6.03. The lowest BCUT2D eigenvalue weighted by molar-refractivity contribution is 0.0830. The van der Waals surface area contributed by atoms with E-state index in [0.717, 1.165) is 78.5 Å². The van der Waals surface area contributed by atoms with E-state index >= 15 is 0 Å². The number of carbonyl (C=O) groups excluding carboxylic acids is 1. The lowest BCUT2D eigenvalue weighted by Gasteiger charge is -2.39. The Hall–Kier alpha value is -2.60. The van der Waals surface area contributed by atoms with Crippen LogP contribution in [0.25, 0.3) is 0 Å². The largest absolute Gasteiger partial charge is 0.492 e. The van der Waals surface area contributed by atoms with Gasteiger partial charge < -0.3 is 15.4 Å². The number of fused-ring (bicyclic) bond motifs is 4. The molecule has 1 amide bonds. The van der Waals surface area contributed by atoms with Crippen molar-refractivity contribution in [2.45, 2.75) is 57.0 Å². The summed E-state index contributed by atoms with van der Waals surface area (Å²) in [6, 6.07) is 9.44. The minimum absolute atomic E-state index is 0.0382. The van der Waals surface area contributed by atoms with Crippen LogP contribution in [0.2, 0.25) is 0 Å². The van der Waals surface area contributed by atoms with Gasteiger partial charge in [-0.3, -0.25) is 9.69 Å². The molecule has 0 spiro atoms. The average molecular weight is 450 g/mol. The number of anilines is 1. The van der Waals surface area contributed by atoms with Gasteiger partial charge in [-0.15, -0.1) is 0 Å². The molecule has 1 saturated carbocycles. The first-order chi connectivity index (χ1) is 16.2. The summed E-state index contributed by atoms with van der Waals surface area (Å²) in [5, 5.41) is 6.40. The van der Waals surface area contributed by atoms with Gasteiger partial charge in [-0.05, 0) is 80.0 Å². The van der Waals surface area contributed by atoms with Crippen molar-refractivity contribution in [1.82, 2.24) is 10.2 Å². The Bertz CT molecular complexity index is 1070. The van der Waals surface area contributed by atoms with Gasteiger partial charge in [0.2, 0.25) is 0 Å². The van der Waals surface area contributed by atoms with Gasteiger partial charge in [0, 0.05) is 42.8 Å². The summed E-state index contributed by atoms with van der Waals surface area (Å²) in [4.78, 5) is 15.1. The van der Waals surface area contributed by atoms with Crippen LogP contribution in [0.5, 0.6) is 5.75 Å². The molecule has 2 N–H and O–H groups in total. The zero-order chi connectivity index (χ0) is 22.4. The van der Waals surface area contributed by atoms with Crippen molar-refractivity contribution in [2.75, 3.05) is 31.6 Å². The number of hydrogen-bond donors (Lipinski definition) is 2. The van der Waals surface area contributed by atoms with E-state index in [-0.39, 0.29) is 11.7 Å². The fraction of sp³-hybridized carbons (Fsp3) is 0.519. The van der Waals surface area contributed by atoms with E-state index in [1.54, 1.807) is 6.07 Å². The maximum Gasteiger partial charge on any atom is 0.252 e. The molecule has 0 radical (unpaired) electrons. The summed E-state index contributed by atoms with van der Waals surface area (Å²) in [6.07, 6.45) is 6.97. The molecule has 6 heteroatoms. The predicted octanol–water partition coefficient (Wildman–Crippen LogP) is 4.46. The van der Waals surface area contributed by atoms with E-state index in [4.69, 9.17) is 4.74 Å². The van der Waals surface area contributed by atoms with Gasteiger partial charge in [0.25, 0.3) is 5.91 Å². The minimum atomic E-state index is -0.149. The van der Waals surface area contributed by atoms with Crippen molar-refractivity contribution in [2.24, 2.45) is 5.92 Å². The van der Waals surface area contributed by atoms with Crippen LogP contribution in [0.3, 0.4) is 0 Å². The second kappa shape index (κ2) is 8.64. The highest BCUT2D eigenvalue weighted by molar-refractivity contribution is 6.00. The first-order valence-corrected chi connectivity index (χ1v) is 12.5. The Labute approximate surface area is 194 Å². The van der Waals surface area contributed by atoms with Crippen LogP contribution in [-0.4, -0.2) is 43.1 Å². The Morgan fingerprint density at radius 2 is 2.06 bits per heavy atom. The number of nitrogens with zero attached hydrogens (tertiary/aromatic N) is 1. The number of benzene rings is 2. The summed E-state index contributed by atoms with van der Waals surface area (Å²) in [7, 11) is 0. The summed E-state index contributed by atoms with van der Waals surface area (Å²) >= 11 is 0. The normalized spacial score (nSPS) is 23.3. The molecule has 0 aromatic heterocycles. The highest BCUT2D eigenvalue weighted by Gasteiger charge is 2.34. The SMILES string of the molecule is O=C1NCc2ccc3c(c21)CC(N(CCCC1CNc2ccc(F)cc21)CC1CCC1)CO3. The van der Waals surface area contributed by atoms with Crippen molar-refractivity contribution in [1.29, 1.82) is 0 Å². The molecule has 0 bridgehead atoms. The summed E-state index contributed by atoms with van der Waals surface area (Å²) < 4.78 is 20.0.